The second-order valence-electron chi connectivity index (χ2n) is 26.0. The summed E-state index contributed by atoms with van der Waals surface area (Å²) in [5.41, 5.74) is 0. The highest BCUT2D eigenvalue weighted by Crippen LogP contribution is 2.71. The Hall–Kier alpha value is -1.32. The van der Waals surface area contributed by atoms with Crippen molar-refractivity contribution in [2.75, 3.05) is 0 Å². The SMILES string of the molecule is O=C1C2CCCCC2C2CC3CC(C4CC5CCCCC5C5CCC6C7CC8C(CC7C(=O)C6C54)C(=O)C4CCCCC48)C4CC5C(CC4C3CC12)C(=O)C1CCCCC15. The molecule has 0 saturated heterocycles. The molecule has 0 aromatic rings. The number of hydrogen-bond donors (Lipinski definition) is 0. The van der Waals surface area contributed by atoms with Crippen LogP contribution in [0.15, 0.2) is 0 Å². The van der Waals surface area contributed by atoms with Crippen LogP contribution in [0.2, 0.25) is 0 Å². The smallest absolute Gasteiger partial charge is 0.139 e. The van der Waals surface area contributed by atoms with Crippen molar-refractivity contribution in [2.24, 2.45) is 154 Å². The van der Waals surface area contributed by atoms with Gasteiger partial charge < -0.3 is 0 Å². The minimum Gasteiger partial charge on any atom is -0.299 e. The van der Waals surface area contributed by atoms with E-state index in [9.17, 15) is 14.4 Å². The normalized spacial score (nSPS) is 59.7. The number of hydrogen-bond acceptors (Lipinski definition) is 4. The molecule has 4 nitrogen and oxygen atoms in total. The van der Waals surface area contributed by atoms with E-state index in [4.69, 9.17) is 0 Å². The Morgan fingerprint density at radius 3 is 1.30 bits per heavy atom. The topological polar surface area (TPSA) is 68.3 Å². The van der Waals surface area contributed by atoms with Crippen molar-refractivity contribution in [2.45, 2.75) is 167 Å². The zero-order valence-corrected chi connectivity index (χ0v) is 37.0. The van der Waals surface area contributed by atoms with Gasteiger partial charge >= 0.3 is 0 Å². The molecule has 0 spiro atoms. The van der Waals surface area contributed by atoms with Crippen LogP contribution in [0.25, 0.3) is 0 Å². The molecule has 14 fully saturated rings. The maximum Gasteiger partial charge on any atom is 0.139 e. The summed E-state index contributed by atoms with van der Waals surface area (Å²) >= 11 is 0. The van der Waals surface area contributed by atoms with Gasteiger partial charge in [-0.05, 0) is 216 Å². The van der Waals surface area contributed by atoms with Gasteiger partial charge in [0.25, 0.3) is 0 Å². The highest BCUT2D eigenvalue weighted by Gasteiger charge is 2.68. The van der Waals surface area contributed by atoms with Gasteiger partial charge in [-0.15, -0.1) is 0 Å². The first-order valence-electron chi connectivity index (χ1n) is 27.6. The molecule has 0 aliphatic heterocycles. The van der Waals surface area contributed by atoms with Crippen molar-refractivity contribution < 1.29 is 19.2 Å². The van der Waals surface area contributed by atoms with E-state index in [-0.39, 0.29) is 17.8 Å². The lowest BCUT2D eigenvalue weighted by atomic mass is 9.42. The molecule has 14 rings (SSSR count). The number of fused-ring (bicyclic) bond motifs is 19. The van der Waals surface area contributed by atoms with Crippen LogP contribution in [-0.4, -0.2) is 23.1 Å². The molecular formula is C56H78O4. The van der Waals surface area contributed by atoms with Crippen LogP contribution >= 0.6 is 0 Å². The van der Waals surface area contributed by atoms with Crippen LogP contribution in [-0.2, 0) is 19.2 Å². The molecule has 0 heterocycles. The molecule has 0 bridgehead atoms. The Kier molecular flexibility index (Phi) is 8.92. The van der Waals surface area contributed by atoms with E-state index in [1.165, 1.54) is 128 Å². The summed E-state index contributed by atoms with van der Waals surface area (Å²) in [7, 11) is 0. The Bertz CT molecular complexity index is 1800. The zero-order chi connectivity index (χ0) is 39.7. The minimum atomic E-state index is 0.166. The molecule has 26 unspecified atom stereocenters. The molecule has 14 aliphatic carbocycles. The van der Waals surface area contributed by atoms with Crippen molar-refractivity contribution in [1.82, 2.24) is 0 Å². The number of carbonyl (C=O) groups is 4. The van der Waals surface area contributed by atoms with Crippen LogP contribution in [0.3, 0.4) is 0 Å². The molecule has 326 valence electrons. The largest absolute Gasteiger partial charge is 0.299 e. The predicted molar refractivity (Wildman–Crippen MR) is 231 cm³/mol. The van der Waals surface area contributed by atoms with Crippen molar-refractivity contribution >= 4 is 23.1 Å². The highest BCUT2D eigenvalue weighted by molar-refractivity contribution is 5.91. The summed E-state index contributed by atoms with van der Waals surface area (Å²) < 4.78 is 0. The fourth-order valence-corrected chi connectivity index (χ4v) is 23.4. The van der Waals surface area contributed by atoms with Crippen LogP contribution in [0.1, 0.15) is 167 Å². The highest BCUT2D eigenvalue weighted by atomic mass is 16.1. The Morgan fingerprint density at radius 2 is 0.650 bits per heavy atom. The van der Waals surface area contributed by atoms with Gasteiger partial charge in [-0.25, -0.2) is 0 Å². The molecule has 14 aliphatic rings. The fourth-order valence-electron chi connectivity index (χ4n) is 23.4. The van der Waals surface area contributed by atoms with Crippen LogP contribution in [0, 0.1) is 154 Å². The number of ketones is 4. The summed E-state index contributed by atoms with van der Waals surface area (Å²) in [4.78, 5) is 58.5. The minimum absolute atomic E-state index is 0.166. The molecule has 0 aromatic carbocycles. The summed E-state index contributed by atoms with van der Waals surface area (Å²) in [5.74, 6) is 16.7. The average molecular weight is 815 g/mol. The van der Waals surface area contributed by atoms with Gasteiger partial charge in [-0.2, -0.15) is 0 Å². The second-order valence-corrected chi connectivity index (χ2v) is 26.0. The molecule has 60 heavy (non-hydrogen) atoms. The average Bonchev–Trinajstić information content (AvgIpc) is 3.95. The number of rotatable bonds is 1. The first-order valence-corrected chi connectivity index (χ1v) is 27.6. The summed E-state index contributed by atoms with van der Waals surface area (Å²) in [6, 6.07) is 0. The molecule has 4 heteroatoms. The van der Waals surface area contributed by atoms with Gasteiger partial charge in [0.1, 0.15) is 23.1 Å². The van der Waals surface area contributed by atoms with Crippen molar-refractivity contribution in [3.63, 3.8) is 0 Å². The van der Waals surface area contributed by atoms with Gasteiger partial charge in [0.05, 0.1) is 0 Å². The monoisotopic (exact) mass is 815 g/mol. The Balaban J connectivity index is 0.837. The lowest BCUT2D eigenvalue weighted by Gasteiger charge is -2.62. The standard InChI is InChI=1S/C56H78O4/c57-53-35-14-6-3-11-30(35)39-20-28-21-40(45-24-42-32-13-5-7-15-36(32)54(58)48(42)25-44(45)38(28)22-47(39)53)46-19-27-9-1-2-10-29(27)33-17-18-34-43-23-41-31-12-4-8-16-37(31)55(59)49(41)26-50(43)56(60)52(34)51(33)46/h27-52H,1-26H2. The van der Waals surface area contributed by atoms with E-state index in [1.807, 2.05) is 0 Å². The van der Waals surface area contributed by atoms with E-state index >= 15 is 4.79 Å². The maximum absolute atomic E-state index is 15.6. The van der Waals surface area contributed by atoms with Gasteiger partial charge in [0.15, 0.2) is 0 Å². The lowest BCUT2D eigenvalue weighted by molar-refractivity contribution is -0.152. The molecule has 0 N–H and O–H groups in total. The molecule has 14 saturated carbocycles. The Labute approximate surface area is 361 Å². The van der Waals surface area contributed by atoms with E-state index in [0.717, 1.165) is 62.2 Å². The number of carbonyl (C=O) groups excluding carboxylic acids is 4. The van der Waals surface area contributed by atoms with Gasteiger partial charge in [-0.3, -0.25) is 19.2 Å². The van der Waals surface area contributed by atoms with E-state index < -0.39 is 0 Å². The van der Waals surface area contributed by atoms with Gasteiger partial charge in [0.2, 0.25) is 0 Å². The predicted octanol–water partition coefficient (Wildman–Crippen LogP) is 11.6. The van der Waals surface area contributed by atoms with Crippen molar-refractivity contribution in [1.29, 1.82) is 0 Å². The molecule has 0 radical (unpaired) electrons. The maximum atomic E-state index is 15.6. The summed E-state index contributed by atoms with van der Waals surface area (Å²) in [6.07, 6.45) is 33.1. The Morgan fingerprint density at radius 1 is 0.233 bits per heavy atom. The first kappa shape index (κ1) is 38.0. The third-order valence-corrected chi connectivity index (χ3v) is 25.0. The zero-order valence-electron chi connectivity index (χ0n) is 37.0. The molecule has 26 atom stereocenters. The third-order valence-electron chi connectivity index (χ3n) is 25.0. The van der Waals surface area contributed by atoms with Crippen LogP contribution in [0.4, 0.5) is 0 Å². The quantitative estimate of drug-likeness (QED) is 0.264. The van der Waals surface area contributed by atoms with Crippen molar-refractivity contribution in [3.8, 4) is 0 Å². The summed E-state index contributed by atoms with van der Waals surface area (Å²) in [6.45, 7) is 0. The van der Waals surface area contributed by atoms with Crippen LogP contribution < -0.4 is 0 Å². The van der Waals surface area contributed by atoms with E-state index in [0.29, 0.717) is 136 Å². The lowest BCUT2D eigenvalue weighted by Crippen LogP contribution is -2.56. The number of Topliss-reactive ketones (excluding diaryl/α,β-unsaturated/α-hetero) is 4. The van der Waals surface area contributed by atoms with Gasteiger partial charge in [-0.1, -0.05) is 57.8 Å². The fraction of sp³-hybridized carbons (Fsp3) is 0.929. The van der Waals surface area contributed by atoms with Gasteiger partial charge in [0, 0.05) is 47.3 Å². The third kappa shape index (κ3) is 5.21. The van der Waals surface area contributed by atoms with E-state index in [2.05, 4.69) is 0 Å². The van der Waals surface area contributed by atoms with Crippen LogP contribution in [0.5, 0.6) is 0 Å². The molecular weight excluding hydrogens is 737 g/mol. The second kappa shape index (κ2) is 14.1. The first-order chi connectivity index (χ1) is 29.4. The summed E-state index contributed by atoms with van der Waals surface area (Å²) in [5, 5.41) is 0. The molecule has 0 aromatic heterocycles. The van der Waals surface area contributed by atoms with Crippen molar-refractivity contribution in [3.05, 3.63) is 0 Å². The molecule has 0 amide bonds. The van der Waals surface area contributed by atoms with E-state index in [1.54, 1.807) is 0 Å².